The Morgan fingerprint density at radius 3 is 2.62 bits per heavy atom. The Morgan fingerprint density at radius 1 is 1.35 bits per heavy atom. The third-order valence-electron chi connectivity index (χ3n) is 4.30. The summed E-state index contributed by atoms with van der Waals surface area (Å²) in [5.74, 6) is 0.455. The first kappa shape index (κ1) is 20.9. The number of hydrogen-bond acceptors (Lipinski definition) is 4. The second-order valence-corrected chi connectivity index (χ2v) is 8.93. The molecular weight excluding hydrogens is 366 g/mol. The molecule has 1 aromatic rings. The molecule has 0 atom stereocenters. The van der Waals surface area contributed by atoms with Crippen molar-refractivity contribution < 1.29 is 9.53 Å². The third kappa shape index (κ3) is 4.66. The van der Waals surface area contributed by atoms with E-state index in [1.807, 2.05) is 0 Å². The van der Waals surface area contributed by atoms with E-state index in [9.17, 15) is 4.79 Å². The monoisotopic (exact) mass is 393 g/mol. The molecule has 1 aromatic carbocycles. The van der Waals surface area contributed by atoms with Gasteiger partial charge in [0.2, 0.25) is 0 Å². The fourth-order valence-electron chi connectivity index (χ4n) is 2.98. The standard InChI is InChI=1S/C21H28ClNO2S/c1-7-8-11-23-14(2)20(21(3,4)5)26-19(23)13-17(24)16-12-15(22)9-10-18(16)25-6/h9-10,12-13H,7-8,11H2,1-6H3. The van der Waals surface area contributed by atoms with Crippen LogP contribution < -0.4 is 4.74 Å². The van der Waals surface area contributed by atoms with Crippen LogP contribution in [-0.2, 0) is 0 Å². The molecule has 0 aromatic heterocycles. The number of carbonyl (C=O) groups is 1. The number of allylic oxidation sites excluding steroid dienone is 3. The van der Waals surface area contributed by atoms with Crippen molar-refractivity contribution in [3.63, 3.8) is 0 Å². The molecule has 0 saturated heterocycles. The van der Waals surface area contributed by atoms with Crippen LogP contribution in [0.3, 0.4) is 0 Å². The predicted octanol–water partition coefficient (Wildman–Crippen LogP) is 6.50. The van der Waals surface area contributed by atoms with E-state index in [1.165, 1.54) is 10.6 Å². The van der Waals surface area contributed by atoms with E-state index >= 15 is 0 Å². The second kappa shape index (κ2) is 8.53. The van der Waals surface area contributed by atoms with Crippen LogP contribution in [0.15, 0.2) is 39.9 Å². The molecule has 142 valence electrons. The number of carbonyl (C=O) groups excluding carboxylic acids is 1. The minimum Gasteiger partial charge on any atom is -0.496 e. The topological polar surface area (TPSA) is 29.5 Å². The number of benzene rings is 1. The van der Waals surface area contributed by atoms with Crippen molar-refractivity contribution >= 4 is 29.1 Å². The van der Waals surface area contributed by atoms with Crippen molar-refractivity contribution in [3.8, 4) is 5.75 Å². The lowest BCUT2D eigenvalue weighted by atomic mass is 9.94. The van der Waals surface area contributed by atoms with Gasteiger partial charge >= 0.3 is 0 Å². The zero-order valence-corrected chi connectivity index (χ0v) is 18.1. The molecule has 3 nitrogen and oxygen atoms in total. The van der Waals surface area contributed by atoms with Crippen molar-refractivity contribution in [2.45, 2.75) is 47.5 Å². The van der Waals surface area contributed by atoms with Crippen LogP contribution >= 0.6 is 23.4 Å². The van der Waals surface area contributed by atoms with E-state index < -0.39 is 0 Å². The van der Waals surface area contributed by atoms with Gasteiger partial charge in [0.1, 0.15) is 5.75 Å². The lowest BCUT2D eigenvalue weighted by Crippen LogP contribution is -2.19. The maximum absolute atomic E-state index is 12.9. The van der Waals surface area contributed by atoms with Gasteiger partial charge in [-0.25, -0.2) is 0 Å². The number of halogens is 1. The van der Waals surface area contributed by atoms with Gasteiger partial charge in [-0.05, 0) is 37.0 Å². The van der Waals surface area contributed by atoms with Crippen molar-refractivity contribution in [1.29, 1.82) is 0 Å². The summed E-state index contributed by atoms with van der Waals surface area (Å²) in [5.41, 5.74) is 1.78. The number of ether oxygens (including phenoxy) is 1. The highest BCUT2D eigenvalue weighted by Crippen LogP contribution is 2.49. The molecule has 1 aliphatic rings. The maximum Gasteiger partial charge on any atom is 0.192 e. The molecule has 0 N–H and O–H groups in total. The SMILES string of the molecule is CCCCN1C(=CC(=O)c2cc(Cl)ccc2OC)SC(C(C)(C)C)=C1C. The molecule has 0 spiro atoms. The van der Waals surface area contributed by atoms with Crippen LogP contribution in [0.5, 0.6) is 5.75 Å². The Bertz CT molecular complexity index is 747. The van der Waals surface area contributed by atoms with Crippen LogP contribution in [0.2, 0.25) is 5.02 Å². The molecule has 0 amide bonds. The van der Waals surface area contributed by atoms with Crippen LogP contribution in [0, 0.1) is 5.41 Å². The smallest absolute Gasteiger partial charge is 0.192 e. The van der Waals surface area contributed by atoms with Crippen LogP contribution in [-0.4, -0.2) is 24.3 Å². The summed E-state index contributed by atoms with van der Waals surface area (Å²) in [7, 11) is 1.56. The second-order valence-electron chi connectivity index (χ2n) is 7.46. The summed E-state index contributed by atoms with van der Waals surface area (Å²) in [6.07, 6.45) is 3.92. The van der Waals surface area contributed by atoms with E-state index in [0.29, 0.717) is 16.3 Å². The van der Waals surface area contributed by atoms with E-state index in [1.54, 1.807) is 43.1 Å². The molecule has 0 fully saturated rings. The first-order valence-corrected chi connectivity index (χ1v) is 10.1. The minimum absolute atomic E-state index is 0.0472. The van der Waals surface area contributed by atoms with Gasteiger partial charge in [0.05, 0.1) is 17.7 Å². The van der Waals surface area contributed by atoms with Crippen molar-refractivity contribution in [2.75, 3.05) is 13.7 Å². The van der Waals surface area contributed by atoms with Gasteiger partial charge in [-0.15, -0.1) is 0 Å². The molecule has 0 unspecified atom stereocenters. The Labute approximate surface area is 166 Å². The highest BCUT2D eigenvalue weighted by molar-refractivity contribution is 8.07. The lowest BCUT2D eigenvalue weighted by molar-refractivity contribution is 0.104. The van der Waals surface area contributed by atoms with Crippen molar-refractivity contribution in [2.24, 2.45) is 5.41 Å². The summed E-state index contributed by atoms with van der Waals surface area (Å²) in [4.78, 5) is 16.5. The Morgan fingerprint density at radius 2 is 2.04 bits per heavy atom. The zero-order chi connectivity index (χ0) is 19.5. The lowest BCUT2D eigenvalue weighted by Gasteiger charge is -2.22. The zero-order valence-electron chi connectivity index (χ0n) is 16.5. The molecule has 1 aliphatic heterocycles. The van der Waals surface area contributed by atoms with Crippen LogP contribution in [0.25, 0.3) is 0 Å². The van der Waals surface area contributed by atoms with Crippen LogP contribution in [0.1, 0.15) is 57.8 Å². The van der Waals surface area contributed by atoms with Gasteiger partial charge in [-0.1, -0.05) is 57.5 Å². The fourth-order valence-corrected chi connectivity index (χ4v) is 4.43. The van der Waals surface area contributed by atoms with Gasteiger partial charge in [0.15, 0.2) is 5.78 Å². The number of methoxy groups -OCH3 is 1. The number of unbranched alkanes of at least 4 members (excludes halogenated alkanes) is 1. The molecule has 5 heteroatoms. The highest BCUT2D eigenvalue weighted by Gasteiger charge is 2.32. The highest BCUT2D eigenvalue weighted by atomic mass is 35.5. The summed E-state index contributed by atoms with van der Waals surface area (Å²) in [5, 5.41) is 1.51. The Balaban J connectivity index is 2.39. The minimum atomic E-state index is -0.0868. The number of thioether (sulfide) groups is 1. The summed E-state index contributed by atoms with van der Waals surface area (Å²) in [6.45, 7) is 11.9. The fraction of sp³-hybridized carbons (Fsp3) is 0.476. The third-order valence-corrected chi connectivity index (χ3v) is 6.20. The molecule has 2 rings (SSSR count). The first-order valence-electron chi connectivity index (χ1n) is 8.95. The normalized spacial score (nSPS) is 16.6. The predicted molar refractivity (Wildman–Crippen MR) is 112 cm³/mol. The van der Waals surface area contributed by atoms with Gasteiger partial charge < -0.3 is 9.64 Å². The molecule has 0 bridgehead atoms. The Kier molecular flexibility index (Phi) is 6.86. The van der Waals surface area contributed by atoms with E-state index in [4.69, 9.17) is 16.3 Å². The van der Waals surface area contributed by atoms with Gasteiger partial charge in [-0.3, -0.25) is 4.79 Å². The quantitative estimate of drug-likeness (QED) is 0.407. The maximum atomic E-state index is 12.9. The van der Waals surface area contributed by atoms with Crippen LogP contribution in [0.4, 0.5) is 0 Å². The van der Waals surface area contributed by atoms with Gasteiger partial charge in [-0.2, -0.15) is 0 Å². The van der Waals surface area contributed by atoms with E-state index in [2.05, 4.69) is 39.5 Å². The summed E-state index contributed by atoms with van der Waals surface area (Å²) < 4.78 is 5.33. The summed E-state index contributed by atoms with van der Waals surface area (Å²) in [6, 6.07) is 5.13. The average molecular weight is 394 g/mol. The molecule has 0 radical (unpaired) electrons. The summed E-state index contributed by atoms with van der Waals surface area (Å²) >= 11 is 7.78. The number of nitrogens with zero attached hydrogens (tertiary/aromatic N) is 1. The number of rotatable bonds is 6. The molecule has 1 heterocycles. The van der Waals surface area contributed by atoms with Gasteiger partial charge in [0, 0.05) is 28.2 Å². The molecule has 26 heavy (non-hydrogen) atoms. The van der Waals surface area contributed by atoms with Crippen molar-refractivity contribution in [3.05, 3.63) is 50.5 Å². The largest absolute Gasteiger partial charge is 0.496 e. The van der Waals surface area contributed by atoms with E-state index in [0.717, 1.165) is 24.4 Å². The molecular formula is C21H28ClNO2S. The van der Waals surface area contributed by atoms with Crippen molar-refractivity contribution in [1.82, 2.24) is 4.90 Å². The Hall–Kier alpha value is -1.39. The average Bonchev–Trinajstić information content (AvgIpc) is 2.88. The molecule has 0 aliphatic carbocycles. The first-order chi connectivity index (χ1) is 12.2. The van der Waals surface area contributed by atoms with E-state index in [-0.39, 0.29) is 11.2 Å². The number of hydrogen-bond donors (Lipinski definition) is 0. The van der Waals surface area contributed by atoms with Gasteiger partial charge in [0.25, 0.3) is 0 Å². The molecule has 0 saturated carbocycles. The number of ketones is 1.